The molecule has 0 radical (unpaired) electrons. The number of anilines is 1. The highest BCUT2D eigenvalue weighted by molar-refractivity contribution is 9.10. The Kier molecular flexibility index (Phi) is 3.42. The van der Waals surface area contributed by atoms with Gasteiger partial charge < -0.3 is 4.42 Å². The molecule has 0 atom stereocenters. The van der Waals surface area contributed by atoms with Crippen LogP contribution in [-0.2, 0) is 0 Å². The van der Waals surface area contributed by atoms with E-state index in [-0.39, 0.29) is 11.7 Å². The van der Waals surface area contributed by atoms with E-state index in [1.54, 1.807) is 12.1 Å². The predicted molar refractivity (Wildman–Crippen MR) is 81.7 cm³/mol. The maximum atomic E-state index is 11.9. The first-order valence-corrected chi connectivity index (χ1v) is 7.65. The SMILES string of the molecule is O=C(Nc1nc2c(Br)cccc2s1)c1ccc(Br)o1. The lowest BCUT2D eigenvalue weighted by atomic mass is 10.3. The van der Waals surface area contributed by atoms with E-state index >= 15 is 0 Å². The molecule has 19 heavy (non-hydrogen) atoms. The van der Waals surface area contributed by atoms with Gasteiger partial charge in [-0.15, -0.1) is 0 Å². The summed E-state index contributed by atoms with van der Waals surface area (Å²) in [5.74, 6) is -0.0777. The van der Waals surface area contributed by atoms with E-state index in [1.165, 1.54) is 11.3 Å². The van der Waals surface area contributed by atoms with Crippen molar-refractivity contribution in [3.8, 4) is 0 Å². The third-order valence-electron chi connectivity index (χ3n) is 2.39. The van der Waals surface area contributed by atoms with E-state index in [1.807, 2.05) is 18.2 Å². The van der Waals surface area contributed by atoms with Crippen LogP contribution < -0.4 is 5.32 Å². The molecule has 1 aromatic carbocycles. The molecule has 0 aliphatic heterocycles. The number of nitrogens with one attached hydrogen (secondary N) is 1. The Morgan fingerprint density at radius 1 is 1.26 bits per heavy atom. The summed E-state index contributed by atoms with van der Waals surface area (Å²) >= 11 is 8.00. The Morgan fingerprint density at radius 2 is 2.11 bits per heavy atom. The number of aromatic nitrogens is 1. The first-order valence-electron chi connectivity index (χ1n) is 5.25. The highest BCUT2D eigenvalue weighted by Crippen LogP contribution is 2.31. The highest BCUT2D eigenvalue weighted by atomic mass is 79.9. The number of hydrogen-bond acceptors (Lipinski definition) is 4. The summed E-state index contributed by atoms with van der Waals surface area (Å²) in [4.78, 5) is 16.3. The van der Waals surface area contributed by atoms with Crippen molar-refractivity contribution in [1.82, 2.24) is 4.98 Å². The summed E-state index contributed by atoms with van der Waals surface area (Å²) in [5, 5.41) is 3.26. The number of halogens is 2. The molecule has 0 saturated carbocycles. The van der Waals surface area contributed by atoms with Crippen LogP contribution in [0.3, 0.4) is 0 Å². The molecule has 2 aromatic heterocycles. The van der Waals surface area contributed by atoms with Crippen molar-refractivity contribution in [2.24, 2.45) is 0 Å². The molecule has 4 nitrogen and oxygen atoms in total. The molecule has 7 heteroatoms. The minimum atomic E-state index is -0.319. The zero-order valence-corrected chi connectivity index (χ0v) is 13.3. The molecular weight excluding hydrogens is 396 g/mol. The van der Waals surface area contributed by atoms with Gasteiger partial charge in [-0.2, -0.15) is 0 Å². The van der Waals surface area contributed by atoms with Gasteiger partial charge in [0.2, 0.25) is 0 Å². The van der Waals surface area contributed by atoms with Gasteiger partial charge in [-0.25, -0.2) is 4.98 Å². The summed E-state index contributed by atoms with van der Waals surface area (Å²) in [7, 11) is 0. The molecule has 3 aromatic rings. The van der Waals surface area contributed by atoms with Crippen molar-refractivity contribution < 1.29 is 9.21 Å². The van der Waals surface area contributed by atoms with E-state index in [0.717, 1.165) is 14.7 Å². The fourth-order valence-electron chi connectivity index (χ4n) is 1.56. The molecule has 0 aliphatic carbocycles. The Hall–Kier alpha value is -1.18. The smallest absolute Gasteiger partial charge is 0.293 e. The zero-order valence-electron chi connectivity index (χ0n) is 9.31. The van der Waals surface area contributed by atoms with Gasteiger partial charge in [-0.1, -0.05) is 17.4 Å². The number of carbonyl (C=O) groups is 1. The number of rotatable bonds is 2. The fraction of sp³-hybridized carbons (Fsp3) is 0. The number of para-hydroxylation sites is 1. The third-order valence-corrected chi connectivity index (χ3v) is 4.39. The summed E-state index contributed by atoms with van der Waals surface area (Å²) < 4.78 is 7.62. The predicted octanol–water partition coefficient (Wildman–Crippen LogP) is 4.67. The maximum Gasteiger partial charge on any atom is 0.293 e. The van der Waals surface area contributed by atoms with Crippen LogP contribution >= 0.6 is 43.2 Å². The second-order valence-electron chi connectivity index (χ2n) is 3.66. The number of furan rings is 1. The van der Waals surface area contributed by atoms with Crippen LogP contribution in [0.15, 0.2) is 43.9 Å². The van der Waals surface area contributed by atoms with Gasteiger partial charge in [0.15, 0.2) is 15.6 Å². The summed E-state index contributed by atoms with van der Waals surface area (Å²) in [5.41, 5.74) is 0.837. The molecule has 0 saturated heterocycles. The van der Waals surface area contributed by atoms with Crippen LogP contribution in [0.5, 0.6) is 0 Å². The first kappa shape index (κ1) is 12.8. The number of benzene rings is 1. The summed E-state index contributed by atoms with van der Waals surface area (Å²) in [6, 6.07) is 9.07. The molecule has 1 amide bonds. The lowest BCUT2D eigenvalue weighted by Gasteiger charge is -1.96. The van der Waals surface area contributed by atoms with E-state index < -0.39 is 0 Å². The fourth-order valence-corrected chi connectivity index (χ4v) is 3.34. The second kappa shape index (κ2) is 5.07. The monoisotopic (exact) mass is 400 g/mol. The van der Waals surface area contributed by atoms with Crippen molar-refractivity contribution in [2.75, 3.05) is 5.32 Å². The van der Waals surface area contributed by atoms with Gasteiger partial charge in [0, 0.05) is 4.47 Å². The number of nitrogens with zero attached hydrogens (tertiary/aromatic N) is 1. The maximum absolute atomic E-state index is 11.9. The van der Waals surface area contributed by atoms with Crippen molar-refractivity contribution in [3.05, 3.63) is 45.2 Å². The van der Waals surface area contributed by atoms with Crippen molar-refractivity contribution in [2.45, 2.75) is 0 Å². The Bertz CT molecular complexity index is 766. The third kappa shape index (κ3) is 2.58. The zero-order chi connectivity index (χ0) is 13.4. The normalized spacial score (nSPS) is 10.8. The van der Waals surface area contributed by atoms with Gasteiger partial charge in [0.1, 0.15) is 0 Å². The van der Waals surface area contributed by atoms with E-state index in [0.29, 0.717) is 9.80 Å². The molecule has 1 N–H and O–H groups in total. The molecule has 3 rings (SSSR count). The Morgan fingerprint density at radius 3 is 2.79 bits per heavy atom. The molecule has 0 unspecified atom stereocenters. The van der Waals surface area contributed by atoms with Crippen LogP contribution in [0.2, 0.25) is 0 Å². The molecular formula is C12H6Br2N2O2S. The van der Waals surface area contributed by atoms with Crippen molar-refractivity contribution in [1.29, 1.82) is 0 Å². The number of fused-ring (bicyclic) bond motifs is 1. The topological polar surface area (TPSA) is 55.1 Å². The van der Waals surface area contributed by atoms with E-state index in [9.17, 15) is 4.79 Å². The van der Waals surface area contributed by atoms with Gasteiger partial charge in [-0.3, -0.25) is 10.1 Å². The molecule has 0 spiro atoms. The Balaban J connectivity index is 1.89. The lowest BCUT2D eigenvalue weighted by molar-refractivity contribution is 0.0995. The van der Waals surface area contributed by atoms with Crippen LogP contribution in [0.1, 0.15) is 10.6 Å². The van der Waals surface area contributed by atoms with Crippen molar-refractivity contribution in [3.63, 3.8) is 0 Å². The molecule has 0 fully saturated rings. The molecule has 0 bridgehead atoms. The number of hydrogen-bond donors (Lipinski definition) is 1. The highest BCUT2D eigenvalue weighted by Gasteiger charge is 2.13. The van der Waals surface area contributed by atoms with Crippen LogP contribution in [-0.4, -0.2) is 10.9 Å². The van der Waals surface area contributed by atoms with Gasteiger partial charge in [-0.05, 0) is 56.1 Å². The molecule has 96 valence electrons. The van der Waals surface area contributed by atoms with E-state index in [2.05, 4.69) is 42.2 Å². The Labute approximate surface area is 129 Å². The van der Waals surface area contributed by atoms with Crippen LogP contribution in [0.25, 0.3) is 10.2 Å². The number of amides is 1. The largest absolute Gasteiger partial charge is 0.444 e. The number of carbonyl (C=O) groups excluding carboxylic acids is 1. The summed E-state index contributed by atoms with van der Waals surface area (Å²) in [6.45, 7) is 0. The first-order chi connectivity index (χ1) is 9.13. The average Bonchev–Trinajstić information content (AvgIpc) is 2.96. The van der Waals surface area contributed by atoms with Crippen LogP contribution in [0, 0.1) is 0 Å². The second-order valence-corrected chi connectivity index (χ2v) is 6.33. The minimum Gasteiger partial charge on any atom is -0.444 e. The lowest BCUT2D eigenvalue weighted by Crippen LogP contribution is -2.10. The van der Waals surface area contributed by atoms with Gasteiger partial charge in [0.05, 0.1) is 10.2 Å². The molecule has 0 aliphatic rings. The van der Waals surface area contributed by atoms with E-state index in [4.69, 9.17) is 4.42 Å². The molecule has 2 heterocycles. The van der Waals surface area contributed by atoms with Crippen molar-refractivity contribution >= 4 is 64.5 Å². The average molecular weight is 402 g/mol. The minimum absolute atomic E-state index is 0.241. The quantitative estimate of drug-likeness (QED) is 0.678. The summed E-state index contributed by atoms with van der Waals surface area (Å²) in [6.07, 6.45) is 0. The van der Waals surface area contributed by atoms with Gasteiger partial charge in [0.25, 0.3) is 5.91 Å². The number of thiazole rings is 1. The standard InChI is InChI=1S/C12H6Br2N2O2S/c13-6-2-1-3-8-10(6)15-12(19-8)16-11(17)7-4-5-9(14)18-7/h1-5H,(H,15,16,17). The van der Waals surface area contributed by atoms with Crippen LogP contribution in [0.4, 0.5) is 5.13 Å². The van der Waals surface area contributed by atoms with Gasteiger partial charge >= 0.3 is 0 Å².